The first-order valence-electron chi connectivity index (χ1n) is 9.13. The Morgan fingerprint density at radius 3 is 2.86 bits per heavy atom. The van der Waals surface area contributed by atoms with E-state index >= 15 is 0 Å². The van der Waals surface area contributed by atoms with Crippen molar-refractivity contribution in [3.63, 3.8) is 0 Å². The fourth-order valence-corrected chi connectivity index (χ4v) is 4.02. The minimum Gasteiger partial charge on any atom is -0.497 e. The summed E-state index contributed by atoms with van der Waals surface area (Å²) in [5.41, 5.74) is 2.23. The molecule has 2 heterocycles. The van der Waals surface area contributed by atoms with E-state index in [1.165, 1.54) is 10.4 Å². The summed E-state index contributed by atoms with van der Waals surface area (Å²) in [6, 6.07) is 7.77. The predicted molar refractivity (Wildman–Crippen MR) is 111 cm³/mol. The summed E-state index contributed by atoms with van der Waals surface area (Å²) in [7, 11) is 4.93. The van der Waals surface area contributed by atoms with Crippen molar-refractivity contribution in [2.45, 2.75) is 19.5 Å². The highest BCUT2D eigenvalue weighted by Crippen LogP contribution is 2.25. The second-order valence-corrected chi connectivity index (χ2v) is 7.39. The number of nitrogens with zero attached hydrogens (tertiary/aromatic N) is 2. The number of nitrogens with one attached hydrogen (secondary N) is 2. The molecule has 0 fully saturated rings. The summed E-state index contributed by atoms with van der Waals surface area (Å²) in [5, 5.41) is 8.41. The number of amides is 1. The van der Waals surface area contributed by atoms with Gasteiger partial charge in [-0.3, -0.25) is 9.79 Å². The molecule has 1 aliphatic heterocycles. The zero-order chi connectivity index (χ0) is 19.9. The van der Waals surface area contributed by atoms with Crippen molar-refractivity contribution in [1.29, 1.82) is 0 Å². The van der Waals surface area contributed by atoms with Crippen molar-refractivity contribution in [3.05, 3.63) is 45.6 Å². The molecule has 0 radical (unpaired) electrons. The lowest BCUT2D eigenvalue weighted by Gasteiger charge is -2.27. The SMILES string of the molecule is CN=C(NCC(=O)N1CCc2sccc2C1)NCc1ccc(OC)cc1OC. The molecule has 28 heavy (non-hydrogen) atoms. The number of aliphatic imine (C=N–C) groups is 1. The second-order valence-electron chi connectivity index (χ2n) is 6.39. The van der Waals surface area contributed by atoms with Gasteiger partial charge in [0.25, 0.3) is 0 Å². The summed E-state index contributed by atoms with van der Waals surface area (Å²) in [4.78, 5) is 20.0. The molecular weight excluding hydrogens is 376 g/mol. The Morgan fingerprint density at radius 2 is 2.11 bits per heavy atom. The molecule has 1 aliphatic rings. The molecule has 0 saturated heterocycles. The number of methoxy groups -OCH3 is 2. The standard InChI is InChI=1S/C20H26N4O3S/c1-21-20(22-11-14-4-5-16(26-2)10-17(14)27-3)23-12-19(25)24-8-6-18-15(13-24)7-9-28-18/h4-5,7,9-10H,6,8,11-13H2,1-3H3,(H2,21,22,23). The molecule has 0 bridgehead atoms. The van der Waals surface area contributed by atoms with E-state index in [1.54, 1.807) is 32.6 Å². The lowest BCUT2D eigenvalue weighted by Crippen LogP contribution is -2.45. The number of ether oxygens (including phenoxy) is 2. The minimum absolute atomic E-state index is 0.0711. The molecule has 2 N–H and O–H groups in total. The van der Waals surface area contributed by atoms with E-state index in [4.69, 9.17) is 9.47 Å². The van der Waals surface area contributed by atoms with E-state index in [2.05, 4.69) is 27.1 Å². The third kappa shape index (κ3) is 4.75. The van der Waals surface area contributed by atoms with E-state index in [-0.39, 0.29) is 12.5 Å². The number of hydrogen-bond donors (Lipinski definition) is 2. The van der Waals surface area contributed by atoms with Crippen LogP contribution in [0.5, 0.6) is 11.5 Å². The first-order chi connectivity index (χ1) is 13.6. The van der Waals surface area contributed by atoms with Crippen LogP contribution in [0.1, 0.15) is 16.0 Å². The molecule has 1 aromatic carbocycles. The highest BCUT2D eigenvalue weighted by molar-refractivity contribution is 7.10. The van der Waals surface area contributed by atoms with Gasteiger partial charge in [0, 0.05) is 43.2 Å². The van der Waals surface area contributed by atoms with Crippen molar-refractivity contribution in [1.82, 2.24) is 15.5 Å². The first-order valence-corrected chi connectivity index (χ1v) is 10.0. The van der Waals surface area contributed by atoms with Gasteiger partial charge in [0.2, 0.25) is 5.91 Å². The van der Waals surface area contributed by atoms with Crippen LogP contribution in [0.3, 0.4) is 0 Å². The second kappa shape index (κ2) is 9.45. The third-order valence-corrected chi connectivity index (χ3v) is 5.75. The molecule has 3 rings (SSSR count). The summed E-state index contributed by atoms with van der Waals surface area (Å²) in [5.74, 6) is 2.11. The maximum atomic E-state index is 12.5. The van der Waals surface area contributed by atoms with Crippen molar-refractivity contribution in [2.75, 3.05) is 34.4 Å². The molecule has 1 aromatic heterocycles. The molecule has 150 valence electrons. The first kappa shape index (κ1) is 20.0. The van der Waals surface area contributed by atoms with E-state index in [9.17, 15) is 4.79 Å². The van der Waals surface area contributed by atoms with Gasteiger partial charge in [0.05, 0.1) is 20.8 Å². The zero-order valence-electron chi connectivity index (χ0n) is 16.4. The number of guanidine groups is 1. The Balaban J connectivity index is 1.51. The Labute approximate surface area is 169 Å². The molecule has 0 aliphatic carbocycles. The smallest absolute Gasteiger partial charge is 0.242 e. The van der Waals surface area contributed by atoms with Gasteiger partial charge in [-0.2, -0.15) is 0 Å². The van der Waals surface area contributed by atoms with Crippen LogP contribution >= 0.6 is 11.3 Å². The topological polar surface area (TPSA) is 75.2 Å². The van der Waals surface area contributed by atoms with Crippen LogP contribution < -0.4 is 20.1 Å². The Morgan fingerprint density at radius 1 is 1.25 bits per heavy atom. The van der Waals surface area contributed by atoms with Crippen LogP contribution in [0, 0.1) is 0 Å². The quantitative estimate of drug-likeness (QED) is 0.571. The molecule has 1 amide bonds. The van der Waals surface area contributed by atoms with Crippen molar-refractivity contribution < 1.29 is 14.3 Å². The Bertz CT molecular complexity index is 850. The van der Waals surface area contributed by atoms with Crippen LogP contribution in [0.4, 0.5) is 0 Å². The van der Waals surface area contributed by atoms with Gasteiger partial charge >= 0.3 is 0 Å². The largest absolute Gasteiger partial charge is 0.497 e. The highest BCUT2D eigenvalue weighted by Gasteiger charge is 2.21. The van der Waals surface area contributed by atoms with Crippen LogP contribution in [0.2, 0.25) is 0 Å². The fourth-order valence-electron chi connectivity index (χ4n) is 3.13. The number of hydrogen-bond acceptors (Lipinski definition) is 5. The normalized spacial score (nSPS) is 13.7. The molecule has 2 aromatic rings. The molecule has 8 heteroatoms. The van der Waals surface area contributed by atoms with Crippen molar-refractivity contribution in [2.24, 2.45) is 4.99 Å². The van der Waals surface area contributed by atoms with E-state index in [0.717, 1.165) is 30.0 Å². The van der Waals surface area contributed by atoms with Gasteiger partial charge in [-0.1, -0.05) is 0 Å². The van der Waals surface area contributed by atoms with Gasteiger partial charge in [-0.05, 0) is 35.6 Å². The lowest BCUT2D eigenvalue weighted by molar-refractivity contribution is -0.130. The Kier molecular flexibility index (Phi) is 6.76. The summed E-state index contributed by atoms with van der Waals surface area (Å²) >= 11 is 1.77. The molecule has 0 unspecified atom stereocenters. The van der Waals surface area contributed by atoms with E-state index in [0.29, 0.717) is 19.0 Å². The zero-order valence-corrected chi connectivity index (χ0v) is 17.3. The average Bonchev–Trinajstić information content (AvgIpc) is 3.21. The molecule has 0 saturated carbocycles. The molecule has 0 atom stereocenters. The van der Waals surface area contributed by atoms with Gasteiger partial charge in [-0.25, -0.2) is 0 Å². The number of fused-ring (bicyclic) bond motifs is 1. The molecule has 7 nitrogen and oxygen atoms in total. The lowest BCUT2D eigenvalue weighted by atomic mass is 10.1. The Hall–Kier alpha value is -2.74. The van der Waals surface area contributed by atoms with E-state index < -0.39 is 0 Å². The molecule has 0 spiro atoms. The maximum Gasteiger partial charge on any atom is 0.242 e. The average molecular weight is 403 g/mol. The van der Waals surface area contributed by atoms with E-state index in [1.807, 2.05) is 23.1 Å². The van der Waals surface area contributed by atoms with Gasteiger partial charge < -0.3 is 25.0 Å². The fraction of sp³-hybridized carbons (Fsp3) is 0.400. The van der Waals surface area contributed by atoms with Crippen LogP contribution in [0.15, 0.2) is 34.6 Å². The predicted octanol–water partition coefficient (Wildman–Crippen LogP) is 2.02. The summed E-state index contributed by atoms with van der Waals surface area (Å²) in [6.45, 7) is 2.18. The number of thiophene rings is 1. The monoisotopic (exact) mass is 402 g/mol. The minimum atomic E-state index is 0.0711. The van der Waals surface area contributed by atoms with Crippen molar-refractivity contribution >= 4 is 23.2 Å². The van der Waals surface area contributed by atoms with Crippen molar-refractivity contribution in [3.8, 4) is 11.5 Å². The maximum absolute atomic E-state index is 12.5. The highest BCUT2D eigenvalue weighted by atomic mass is 32.1. The number of rotatable bonds is 6. The number of carbonyl (C=O) groups is 1. The summed E-state index contributed by atoms with van der Waals surface area (Å²) < 4.78 is 10.6. The summed E-state index contributed by atoms with van der Waals surface area (Å²) in [6.07, 6.45) is 0.934. The third-order valence-electron chi connectivity index (χ3n) is 4.73. The molecular formula is C20H26N4O3S. The van der Waals surface area contributed by atoms with Crippen LogP contribution in [0.25, 0.3) is 0 Å². The van der Waals surface area contributed by atoms with Gasteiger partial charge in [0.15, 0.2) is 5.96 Å². The number of benzene rings is 1. The van der Waals surface area contributed by atoms with Crippen LogP contribution in [-0.4, -0.2) is 51.1 Å². The number of carbonyl (C=O) groups excluding carboxylic acids is 1. The van der Waals surface area contributed by atoms with Crippen LogP contribution in [-0.2, 0) is 24.3 Å². The van der Waals surface area contributed by atoms with Gasteiger partial charge in [-0.15, -0.1) is 11.3 Å². The van der Waals surface area contributed by atoms with Gasteiger partial charge in [0.1, 0.15) is 11.5 Å².